The van der Waals surface area contributed by atoms with E-state index in [2.05, 4.69) is 4.98 Å². The fourth-order valence-electron chi connectivity index (χ4n) is 2.17. The Kier molecular flexibility index (Phi) is 2.83. The third kappa shape index (κ3) is 2.12. The Morgan fingerprint density at radius 3 is 2.74 bits per heavy atom. The van der Waals surface area contributed by atoms with Gasteiger partial charge in [0.15, 0.2) is 5.78 Å². The summed E-state index contributed by atoms with van der Waals surface area (Å²) in [6.07, 6.45) is 1.19. The Bertz CT molecular complexity index is 637. The van der Waals surface area contributed by atoms with Crippen molar-refractivity contribution in [1.82, 2.24) is 4.98 Å². The molecule has 0 spiro atoms. The molecule has 0 amide bonds. The highest BCUT2D eigenvalue weighted by Gasteiger charge is 2.32. The summed E-state index contributed by atoms with van der Waals surface area (Å²) in [6, 6.07) is 12.3. The van der Waals surface area contributed by atoms with Crippen molar-refractivity contribution in [2.24, 2.45) is 0 Å². The number of ketones is 1. The summed E-state index contributed by atoms with van der Waals surface area (Å²) in [5, 5.41) is 0. The number of carbonyl (C=O) groups excluding carboxylic acids is 2. The zero-order valence-corrected chi connectivity index (χ0v) is 10.1. The minimum atomic E-state index is -0.502. The molecule has 0 fully saturated rings. The average molecular weight is 253 g/mol. The Labute approximate surface area is 110 Å². The lowest BCUT2D eigenvalue weighted by Gasteiger charge is -2.09. The van der Waals surface area contributed by atoms with Crippen LogP contribution in [-0.2, 0) is 4.74 Å². The summed E-state index contributed by atoms with van der Waals surface area (Å²) in [7, 11) is 0. The number of pyridine rings is 1. The second kappa shape index (κ2) is 4.65. The normalized spacial score (nSPS) is 16.8. The molecule has 1 aromatic heterocycles. The minimum Gasteiger partial charge on any atom is -0.453 e. The van der Waals surface area contributed by atoms with E-state index in [1.165, 1.54) is 0 Å². The van der Waals surface area contributed by atoms with Crippen LogP contribution >= 0.6 is 0 Å². The van der Waals surface area contributed by atoms with E-state index in [1.54, 1.807) is 36.5 Å². The van der Waals surface area contributed by atoms with Gasteiger partial charge < -0.3 is 4.74 Å². The number of fused-ring (bicyclic) bond motifs is 1. The Hall–Kier alpha value is -2.49. The molecule has 1 aliphatic heterocycles. The van der Waals surface area contributed by atoms with Gasteiger partial charge in [-0.3, -0.25) is 9.78 Å². The predicted octanol–water partition coefficient (Wildman–Crippen LogP) is 2.57. The van der Waals surface area contributed by atoms with Gasteiger partial charge in [-0.05, 0) is 18.2 Å². The maximum Gasteiger partial charge on any atom is 0.339 e. The maximum absolute atomic E-state index is 12.1. The Morgan fingerprint density at radius 2 is 1.95 bits per heavy atom. The molecule has 0 unspecified atom stereocenters. The second-order valence-corrected chi connectivity index (χ2v) is 4.32. The van der Waals surface area contributed by atoms with Crippen molar-refractivity contribution < 1.29 is 14.3 Å². The van der Waals surface area contributed by atoms with Crippen LogP contribution in [0.3, 0.4) is 0 Å². The number of aromatic nitrogens is 1. The van der Waals surface area contributed by atoms with Gasteiger partial charge in [0.1, 0.15) is 11.8 Å². The largest absolute Gasteiger partial charge is 0.453 e. The standard InChI is InChI=1S/C15H11NO3/c17-13(12-7-3-4-8-16-12)9-14-10-5-1-2-6-11(10)15(18)19-14/h1-8,14H,9H2/t14-/m1/s1. The molecule has 0 radical (unpaired) electrons. The molecule has 1 atom stereocenters. The molecule has 0 N–H and O–H groups in total. The van der Waals surface area contributed by atoms with Gasteiger partial charge in [0.05, 0.1) is 12.0 Å². The first-order chi connectivity index (χ1) is 9.25. The first kappa shape index (κ1) is 11.6. The molecule has 0 saturated heterocycles. The molecule has 19 heavy (non-hydrogen) atoms. The van der Waals surface area contributed by atoms with Gasteiger partial charge in [0, 0.05) is 11.8 Å². The fourth-order valence-corrected chi connectivity index (χ4v) is 2.17. The third-order valence-corrected chi connectivity index (χ3v) is 3.10. The van der Waals surface area contributed by atoms with E-state index in [-0.39, 0.29) is 18.2 Å². The van der Waals surface area contributed by atoms with Crippen molar-refractivity contribution in [2.75, 3.05) is 0 Å². The van der Waals surface area contributed by atoms with Gasteiger partial charge in [-0.25, -0.2) is 4.79 Å². The van der Waals surface area contributed by atoms with E-state index in [4.69, 9.17) is 4.74 Å². The average Bonchev–Trinajstić information content (AvgIpc) is 2.77. The molecule has 94 valence electrons. The summed E-state index contributed by atoms with van der Waals surface area (Å²) in [5.74, 6) is -0.496. The smallest absolute Gasteiger partial charge is 0.339 e. The van der Waals surface area contributed by atoms with Crippen LogP contribution in [-0.4, -0.2) is 16.7 Å². The van der Waals surface area contributed by atoms with Crippen molar-refractivity contribution >= 4 is 11.8 Å². The van der Waals surface area contributed by atoms with Crippen LogP contribution in [0.1, 0.15) is 38.9 Å². The Balaban J connectivity index is 1.83. The molecular weight excluding hydrogens is 242 g/mol. The highest BCUT2D eigenvalue weighted by molar-refractivity contribution is 5.97. The van der Waals surface area contributed by atoms with Crippen molar-refractivity contribution in [2.45, 2.75) is 12.5 Å². The number of Topliss-reactive ketones (excluding diaryl/α,β-unsaturated/α-hetero) is 1. The molecule has 4 heteroatoms. The van der Waals surface area contributed by atoms with Gasteiger partial charge in [0.25, 0.3) is 0 Å². The van der Waals surface area contributed by atoms with E-state index >= 15 is 0 Å². The van der Waals surface area contributed by atoms with E-state index in [0.717, 1.165) is 5.56 Å². The minimum absolute atomic E-state index is 0.125. The zero-order valence-electron chi connectivity index (χ0n) is 10.1. The predicted molar refractivity (Wildman–Crippen MR) is 67.8 cm³/mol. The van der Waals surface area contributed by atoms with E-state index in [9.17, 15) is 9.59 Å². The van der Waals surface area contributed by atoms with Gasteiger partial charge in [-0.1, -0.05) is 24.3 Å². The molecule has 0 aliphatic carbocycles. The number of hydrogen-bond donors (Lipinski definition) is 0. The van der Waals surface area contributed by atoms with Gasteiger partial charge in [-0.15, -0.1) is 0 Å². The summed E-state index contributed by atoms with van der Waals surface area (Å²) >= 11 is 0. The van der Waals surface area contributed by atoms with Crippen LogP contribution in [0.2, 0.25) is 0 Å². The van der Waals surface area contributed by atoms with Crippen molar-refractivity contribution in [1.29, 1.82) is 0 Å². The lowest BCUT2D eigenvalue weighted by molar-refractivity contribution is 0.0366. The number of esters is 1. The van der Waals surface area contributed by atoms with Gasteiger partial charge >= 0.3 is 5.97 Å². The van der Waals surface area contributed by atoms with Crippen LogP contribution in [0.4, 0.5) is 0 Å². The first-order valence-corrected chi connectivity index (χ1v) is 6.00. The van der Waals surface area contributed by atoms with Crippen molar-refractivity contribution in [3.05, 3.63) is 65.5 Å². The SMILES string of the molecule is O=C(C[C@H]1OC(=O)c2ccccc21)c1ccccn1. The molecular formula is C15H11NO3. The third-order valence-electron chi connectivity index (χ3n) is 3.10. The van der Waals surface area contributed by atoms with Crippen LogP contribution in [0, 0.1) is 0 Å². The van der Waals surface area contributed by atoms with Gasteiger partial charge in [0.2, 0.25) is 0 Å². The maximum atomic E-state index is 12.1. The summed E-state index contributed by atoms with van der Waals surface area (Å²) in [5.41, 5.74) is 1.71. The van der Waals surface area contributed by atoms with Gasteiger partial charge in [-0.2, -0.15) is 0 Å². The highest BCUT2D eigenvalue weighted by Crippen LogP contribution is 2.33. The topological polar surface area (TPSA) is 56.3 Å². The molecule has 2 aromatic rings. The van der Waals surface area contributed by atoms with Crippen LogP contribution in [0.25, 0.3) is 0 Å². The summed E-state index contributed by atoms with van der Waals surface area (Å²) in [4.78, 5) is 27.7. The molecule has 4 nitrogen and oxygen atoms in total. The highest BCUT2D eigenvalue weighted by atomic mass is 16.5. The van der Waals surface area contributed by atoms with E-state index in [1.807, 2.05) is 12.1 Å². The zero-order chi connectivity index (χ0) is 13.2. The van der Waals surface area contributed by atoms with Crippen molar-refractivity contribution in [3.63, 3.8) is 0 Å². The van der Waals surface area contributed by atoms with E-state index in [0.29, 0.717) is 11.3 Å². The summed E-state index contributed by atoms with van der Waals surface area (Å²) in [6.45, 7) is 0. The van der Waals surface area contributed by atoms with Crippen LogP contribution < -0.4 is 0 Å². The number of hydrogen-bond acceptors (Lipinski definition) is 4. The molecule has 1 aliphatic rings. The van der Waals surface area contributed by atoms with Crippen molar-refractivity contribution in [3.8, 4) is 0 Å². The Morgan fingerprint density at radius 1 is 1.16 bits per heavy atom. The number of carbonyl (C=O) groups is 2. The number of nitrogens with zero attached hydrogens (tertiary/aromatic N) is 1. The number of ether oxygens (including phenoxy) is 1. The van der Waals surface area contributed by atoms with E-state index < -0.39 is 6.10 Å². The molecule has 3 rings (SSSR count). The fraction of sp³-hybridized carbons (Fsp3) is 0.133. The number of cyclic esters (lactones) is 1. The summed E-state index contributed by atoms with van der Waals surface area (Å²) < 4.78 is 5.24. The molecule has 2 heterocycles. The lowest BCUT2D eigenvalue weighted by atomic mass is 10.0. The lowest BCUT2D eigenvalue weighted by Crippen LogP contribution is -2.08. The quantitative estimate of drug-likeness (QED) is 0.623. The first-order valence-electron chi connectivity index (χ1n) is 6.00. The monoisotopic (exact) mass is 253 g/mol. The molecule has 0 bridgehead atoms. The number of rotatable bonds is 3. The van der Waals surface area contributed by atoms with Crippen LogP contribution in [0.5, 0.6) is 0 Å². The second-order valence-electron chi connectivity index (χ2n) is 4.32. The number of benzene rings is 1. The van der Waals surface area contributed by atoms with Crippen LogP contribution in [0.15, 0.2) is 48.7 Å². The molecule has 0 saturated carbocycles. The molecule has 1 aromatic carbocycles.